The van der Waals surface area contributed by atoms with E-state index in [4.69, 9.17) is 4.98 Å². The minimum atomic E-state index is -0.122. The maximum absolute atomic E-state index is 12.0. The van der Waals surface area contributed by atoms with Gasteiger partial charge < -0.3 is 19.8 Å². The highest BCUT2D eigenvalue weighted by molar-refractivity contribution is 5.75. The lowest BCUT2D eigenvalue weighted by Gasteiger charge is -2.33. The van der Waals surface area contributed by atoms with Crippen molar-refractivity contribution in [2.24, 2.45) is 0 Å². The fourth-order valence-corrected chi connectivity index (χ4v) is 3.87. The second kappa shape index (κ2) is 7.92. The molecule has 27 heavy (non-hydrogen) atoms. The molecule has 0 bridgehead atoms. The number of benzene rings is 1. The third kappa shape index (κ3) is 3.73. The van der Waals surface area contributed by atoms with Crippen molar-refractivity contribution in [1.82, 2.24) is 24.8 Å². The predicted molar refractivity (Wildman–Crippen MR) is 107 cm³/mol. The number of nitrogens with zero attached hydrogens (tertiary/aromatic N) is 4. The van der Waals surface area contributed by atoms with Crippen molar-refractivity contribution in [3.63, 3.8) is 0 Å². The minimum Gasteiger partial charge on any atom is -0.350 e. The Bertz CT molecular complexity index is 962. The normalized spacial score (nSPS) is 17.5. The lowest BCUT2D eigenvalue weighted by Crippen LogP contribution is -2.47. The first-order chi connectivity index (χ1) is 13.3. The Morgan fingerprint density at radius 1 is 1.33 bits per heavy atom. The van der Waals surface area contributed by atoms with Crippen LogP contribution < -0.4 is 15.8 Å². The Labute approximate surface area is 158 Å². The summed E-state index contributed by atoms with van der Waals surface area (Å²) in [5, 5.41) is 3.65. The van der Waals surface area contributed by atoms with E-state index in [1.807, 2.05) is 6.07 Å². The predicted octanol–water partition coefficient (Wildman–Crippen LogP) is 2.29. The molecule has 3 aromatic rings. The molecular weight excluding hydrogens is 340 g/mol. The highest BCUT2D eigenvalue weighted by Gasteiger charge is 2.23. The number of fused-ring (bicyclic) bond motifs is 1. The first-order valence-corrected chi connectivity index (χ1v) is 9.72. The van der Waals surface area contributed by atoms with Gasteiger partial charge in [0.2, 0.25) is 0 Å². The lowest BCUT2D eigenvalue weighted by molar-refractivity contribution is 0.411. The lowest BCUT2D eigenvalue weighted by atomic mass is 10.1. The molecule has 1 fully saturated rings. The summed E-state index contributed by atoms with van der Waals surface area (Å²) < 4.78 is 2.31. The first kappa shape index (κ1) is 17.7. The number of nitrogens with one attached hydrogen (secondary N) is 2. The van der Waals surface area contributed by atoms with Crippen molar-refractivity contribution in [1.29, 1.82) is 0 Å². The third-order valence-corrected chi connectivity index (χ3v) is 5.14. The van der Waals surface area contributed by atoms with E-state index in [2.05, 4.69) is 49.9 Å². The van der Waals surface area contributed by atoms with Crippen LogP contribution in [0.5, 0.6) is 0 Å². The van der Waals surface area contributed by atoms with Gasteiger partial charge in [-0.15, -0.1) is 0 Å². The summed E-state index contributed by atoms with van der Waals surface area (Å²) >= 11 is 0. The first-order valence-electron chi connectivity index (χ1n) is 9.72. The van der Waals surface area contributed by atoms with Gasteiger partial charge in [-0.05, 0) is 31.4 Å². The van der Waals surface area contributed by atoms with Crippen LogP contribution in [0.2, 0.25) is 0 Å². The second-order valence-electron chi connectivity index (χ2n) is 7.08. The molecule has 7 nitrogen and oxygen atoms in total. The van der Waals surface area contributed by atoms with Crippen LogP contribution in [0.25, 0.3) is 11.0 Å². The Kier molecular flexibility index (Phi) is 5.20. The molecule has 0 aliphatic carbocycles. The molecule has 1 aliphatic rings. The van der Waals surface area contributed by atoms with E-state index in [0.29, 0.717) is 11.9 Å². The number of anilines is 1. The molecule has 0 unspecified atom stereocenters. The number of imidazole rings is 1. The summed E-state index contributed by atoms with van der Waals surface area (Å²) in [6.07, 6.45) is 6.42. The zero-order valence-corrected chi connectivity index (χ0v) is 15.7. The minimum absolute atomic E-state index is 0.122. The molecule has 0 saturated carbocycles. The maximum atomic E-state index is 12.0. The van der Waals surface area contributed by atoms with E-state index in [1.54, 1.807) is 12.4 Å². The van der Waals surface area contributed by atoms with Crippen molar-refractivity contribution in [3.05, 3.63) is 52.8 Å². The molecule has 0 spiro atoms. The van der Waals surface area contributed by atoms with Crippen molar-refractivity contribution >= 4 is 16.9 Å². The van der Waals surface area contributed by atoms with Gasteiger partial charge in [-0.1, -0.05) is 19.1 Å². The fraction of sp³-hybridized carbons (Fsp3) is 0.450. The molecule has 2 N–H and O–H groups in total. The largest absolute Gasteiger partial charge is 0.350 e. The molecular formula is C20H26N6O. The molecule has 1 aromatic carbocycles. The Balaban J connectivity index is 1.47. The molecule has 0 amide bonds. The topological polar surface area (TPSA) is 78.8 Å². The third-order valence-electron chi connectivity index (χ3n) is 5.14. The Hall–Kier alpha value is -2.67. The van der Waals surface area contributed by atoms with E-state index in [-0.39, 0.29) is 5.56 Å². The summed E-state index contributed by atoms with van der Waals surface area (Å²) in [7, 11) is 0. The number of aromatic nitrogens is 4. The van der Waals surface area contributed by atoms with E-state index in [1.165, 1.54) is 5.52 Å². The summed E-state index contributed by atoms with van der Waals surface area (Å²) in [6.45, 7) is 5.54. The van der Waals surface area contributed by atoms with Crippen molar-refractivity contribution in [2.45, 2.75) is 45.3 Å². The number of H-pyrrole nitrogens is 1. The van der Waals surface area contributed by atoms with E-state index in [9.17, 15) is 4.79 Å². The quantitative estimate of drug-likeness (QED) is 0.700. The van der Waals surface area contributed by atoms with Gasteiger partial charge in [-0.2, -0.15) is 0 Å². The molecule has 4 rings (SSSR count). The van der Waals surface area contributed by atoms with Crippen LogP contribution in [-0.4, -0.2) is 38.7 Å². The van der Waals surface area contributed by atoms with Gasteiger partial charge in [0, 0.05) is 38.1 Å². The monoisotopic (exact) mass is 366 g/mol. The Morgan fingerprint density at radius 2 is 2.22 bits per heavy atom. The summed E-state index contributed by atoms with van der Waals surface area (Å²) in [5.74, 6) is 1.59. The van der Waals surface area contributed by atoms with Gasteiger partial charge in [0.15, 0.2) is 5.82 Å². The van der Waals surface area contributed by atoms with Crippen LogP contribution in [0.4, 0.5) is 5.82 Å². The van der Waals surface area contributed by atoms with Crippen LogP contribution in [-0.2, 0) is 13.1 Å². The molecule has 2 aromatic heterocycles. The molecule has 142 valence electrons. The van der Waals surface area contributed by atoms with Gasteiger partial charge >= 0.3 is 0 Å². The second-order valence-corrected chi connectivity index (χ2v) is 7.08. The SMILES string of the molecule is CCCn1c(CN[C@@H]2CCCN(c3ncc[nH]c3=O)C2)nc2ccccc21. The number of piperidine rings is 1. The van der Waals surface area contributed by atoms with Gasteiger partial charge in [0.05, 0.1) is 17.6 Å². The molecule has 1 atom stereocenters. The Morgan fingerprint density at radius 3 is 3.07 bits per heavy atom. The van der Waals surface area contributed by atoms with Crippen LogP contribution in [0, 0.1) is 0 Å². The van der Waals surface area contributed by atoms with Crippen LogP contribution in [0.3, 0.4) is 0 Å². The van der Waals surface area contributed by atoms with Crippen LogP contribution >= 0.6 is 0 Å². The number of aromatic amines is 1. The van der Waals surface area contributed by atoms with E-state index < -0.39 is 0 Å². The maximum Gasteiger partial charge on any atom is 0.290 e. The van der Waals surface area contributed by atoms with Gasteiger partial charge in [0.1, 0.15) is 5.82 Å². The average Bonchev–Trinajstić information content (AvgIpc) is 3.05. The van der Waals surface area contributed by atoms with Gasteiger partial charge in [-0.3, -0.25) is 4.79 Å². The number of hydrogen-bond donors (Lipinski definition) is 2. The number of rotatable bonds is 6. The van der Waals surface area contributed by atoms with Gasteiger partial charge in [0.25, 0.3) is 5.56 Å². The summed E-state index contributed by atoms with van der Waals surface area (Å²) in [4.78, 5) is 25.9. The van der Waals surface area contributed by atoms with Gasteiger partial charge in [-0.25, -0.2) is 9.97 Å². The average molecular weight is 366 g/mol. The number of aryl methyl sites for hydroxylation is 1. The van der Waals surface area contributed by atoms with Crippen LogP contribution in [0.1, 0.15) is 32.0 Å². The zero-order chi connectivity index (χ0) is 18.6. The molecule has 0 radical (unpaired) electrons. The van der Waals surface area contributed by atoms with Crippen molar-refractivity contribution < 1.29 is 0 Å². The highest BCUT2D eigenvalue weighted by atomic mass is 16.1. The smallest absolute Gasteiger partial charge is 0.290 e. The molecule has 1 aliphatic heterocycles. The zero-order valence-electron chi connectivity index (χ0n) is 15.7. The van der Waals surface area contributed by atoms with E-state index >= 15 is 0 Å². The highest BCUT2D eigenvalue weighted by Crippen LogP contribution is 2.18. The molecule has 7 heteroatoms. The van der Waals surface area contributed by atoms with Crippen molar-refractivity contribution in [2.75, 3.05) is 18.0 Å². The van der Waals surface area contributed by atoms with Crippen LogP contribution in [0.15, 0.2) is 41.5 Å². The number of para-hydroxylation sites is 2. The molecule has 3 heterocycles. The fourth-order valence-electron chi connectivity index (χ4n) is 3.87. The summed E-state index contributed by atoms with van der Waals surface area (Å²) in [5.41, 5.74) is 2.12. The number of hydrogen-bond acceptors (Lipinski definition) is 5. The molecule has 1 saturated heterocycles. The van der Waals surface area contributed by atoms with E-state index in [0.717, 1.165) is 56.8 Å². The standard InChI is InChI=1S/C20H26N6O/c1-2-11-26-17-8-4-3-7-16(17)24-18(26)13-23-15-6-5-12-25(14-15)19-20(27)22-10-9-21-19/h3-4,7-10,15,23H,2,5-6,11-14H2,1H3,(H,22,27)/t15-/m1/s1. The summed E-state index contributed by atoms with van der Waals surface area (Å²) in [6, 6.07) is 8.62. The van der Waals surface area contributed by atoms with Crippen molar-refractivity contribution in [3.8, 4) is 0 Å².